The Hall–Kier alpha value is -1.25. The van der Waals surface area contributed by atoms with Crippen LogP contribution in [0.25, 0.3) is 0 Å². The fourth-order valence-corrected chi connectivity index (χ4v) is 1.73. The van der Waals surface area contributed by atoms with E-state index in [1.54, 1.807) is 6.20 Å². The highest BCUT2D eigenvalue weighted by Crippen LogP contribution is 2.28. The van der Waals surface area contributed by atoms with Crippen molar-refractivity contribution in [2.24, 2.45) is 5.92 Å². The van der Waals surface area contributed by atoms with Gasteiger partial charge in [-0.2, -0.15) is 0 Å². The van der Waals surface area contributed by atoms with Gasteiger partial charge < -0.3 is 10.1 Å². The van der Waals surface area contributed by atoms with Crippen molar-refractivity contribution in [1.82, 2.24) is 4.98 Å². The van der Waals surface area contributed by atoms with Crippen LogP contribution >= 0.6 is 0 Å². The molecule has 1 fully saturated rings. The van der Waals surface area contributed by atoms with Crippen LogP contribution in [0.5, 0.6) is 5.88 Å². The van der Waals surface area contributed by atoms with E-state index < -0.39 is 0 Å². The van der Waals surface area contributed by atoms with Crippen molar-refractivity contribution in [1.29, 1.82) is 0 Å². The number of anilines is 1. The number of hydrogen-bond donors (Lipinski definition) is 1. The second kappa shape index (κ2) is 5.01. The molecule has 0 aromatic carbocycles. The second-order valence-corrected chi connectivity index (χ2v) is 3.97. The fourth-order valence-electron chi connectivity index (χ4n) is 1.73. The van der Waals surface area contributed by atoms with Gasteiger partial charge in [-0.25, -0.2) is 4.98 Å². The molecule has 2 rings (SSSR count). The Morgan fingerprint density at radius 1 is 1.53 bits per heavy atom. The Morgan fingerprint density at radius 2 is 2.40 bits per heavy atom. The van der Waals surface area contributed by atoms with E-state index in [1.165, 1.54) is 19.3 Å². The number of rotatable bonds is 5. The zero-order valence-corrected chi connectivity index (χ0v) is 9.20. The van der Waals surface area contributed by atoms with Gasteiger partial charge in [0.2, 0.25) is 5.88 Å². The Labute approximate surface area is 90.9 Å². The van der Waals surface area contributed by atoms with Gasteiger partial charge in [-0.15, -0.1) is 0 Å². The number of aromatic nitrogens is 1. The zero-order chi connectivity index (χ0) is 10.5. The number of nitrogens with one attached hydrogen (secondary N) is 1. The van der Waals surface area contributed by atoms with Crippen LogP contribution in [0, 0.1) is 5.92 Å². The molecule has 1 aliphatic carbocycles. The summed E-state index contributed by atoms with van der Waals surface area (Å²) in [5.74, 6) is 1.57. The monoisotopic (exact) mass is 206 g/mol. The van der Waals surface area contributed by atoms with Crippen molar-refractivity contribution in [3.05, 3.63) is 18.3 Å². The van der Waals surface area contributed by atoms with E-state index in [2.05, 4.69) is 10.3 Å². The van der Waals surface area contributed by atoms with Gasteiger partial charge in [0.1, 0.15) is 0 Å². The summed E-state index contributed by atoms with van der Waals surface area (Å²) in [5, 5.41) is 3.41. The first-order valence-electron chi connectivity index (χ1n) is 5.72. The molecule has 3 nitrogen and oxygen atoms in total. The van der Waals surface area contributed by atoms with E-state index in [4.69, 9.17) is 4.74 Å². The van der Waals surface area contributed by atoms with Crippen LogP contribution in [0.4, 0.5) is 5.69 Å². The molecule has 1 aromatic heterocycles. The Kier molecular flexibility index (Phi) is 3.43. The average Bonchev–Trinajstić information content (AvgIpc) is 2.18. The highest BCUT2D eigenvalue weighted by atomic mass is 16.5. The molecule has 3 heteroatoms. The molecule has 0 aliphatic heterocycles. The lowest BCUT2D eigenvalue weighted by Gasteiger charge is -2.26. The topological polar surface area (TPSA) is 34.1 Å². The van der Waals surface area contributed by atoms with Crippen LogP contribution in [-0.4, -0.2) is 18.1 Å². The van der Waals surface area contributed by atoms with Crippen LogP contribution in [-0.2, 0) is 0 Å². The number of ether oxygens (including phenoxy) is 1. The molecule has 0 unspecified atom stereocenters. The maximum Gasteiger partial charge on any atom is 0.237 e. The summed E-state index contributed by atoms with van der Waals surface area (Å²) < 4.78 is 5.45. The van der Waals surface area contributed by atoms with Crippen molar-refractivity contribution in [2.75, 3.05) is 18.5 Å². The first-order valence-corrected chi connectivity index (χ1v) is 5.72. The van der Waals surface area contributed by atoms with Crippen molar-refractivity contribution in [2.45, 2.75) is 26.2 Å². The van der Waals surface area contributed by atoms with Crippen molar-refractivity contribution < 1.29 is 4.74 Å². The highest BCUT2D eigenvalue weighted by molar-refractivity contribution is 5.52. The molecule has 1 saturated carbocycles. The van der Waals surface area contributed by atoms with Crippen LogP contribution in [0.2, 0.25) is 0 Å². The summed E-state index contributed by atoms with van der Waals surface area (Å²) in [5.41, 5.74) is 1.02. The summed E-state index contributed by atoms with van der Waals surface area (Å²) in [4.78, 5) is 4.21. The largest absolute Gasteiger partial charge is 0.476 e. The van der Waals surface area contributed by atoms with E-state index in [0.717, 1.165) is 24.0 Å². The maximum absolute atomic E-state index is 5.45. The van der Waals surface area contributed by atoms with E-state index in [-0.39, 0.29) is 0 Å². The van der Waals surface area contributed by atoms with E-state index in [0.29, 0.717) is 6.61 Å². The summed E-state index contributed by atoms with van der Waals surface area (Å²) in [6.07, 6.45) is 5.87. The van der Waals surface area contributed by atoms with Gasteiger partial charge in [0.05, 0.1) is 12.3 Å². The molecule has 0 atom stereocenters. The Balaban J connectivity index is 1.92. The minimum absolute atomic E-state index is 0.662. The molecule has 0 spiro atoms. The number of nitrogens with zero attached hydrogens (tertiary/aromatic N) is 1. The molecular weight excluding hydrogens is 188 g/mol. The SMILES string of the molecule is CCOc1ncccc1NCC1CCC1. The first kappa shape index (κ1) is 10.3. The molecule has 1 aliphatic rings. The van der Waals surface area contributed by atoms with Crippen LogP contribution in [0.1, 0.15) is 26.2 Å². The second-order valence-electron chi connectivity index (χ2n) is 3.97. The highest BCUT2D eigenvalue weighted by Gasteiger charge is 2.17. The van der Waals surface area contributed by atoms with Gasteiger partial charge in [-0.1, -0.05) is 6.42 Å². The number of hydrogen-bond acceptors (Lipinski definition) is 3. The lowest BCUT2D eigenvalue weighted by Crippen LogP contribution is -2.21. The van der Waals surface area contributed by atoms with Gasteiger partial charge in [0.25, 0.3) is 0 Å². The summed E-state index contributed by atoms with van der Waals surface area (Å²) >= 11 is 0. The zero-order valence-electron chi connectivity index (χ0n) is 9.20. The maximum atomic E-state index is 5.45. The summed E-state index contributed by atoms with van der Waals surface area (Å²) in [7, 11) is 0. The van der Waals surface area contributed by atoms with Crippen LogP contribution in [0.15, 0.2) is 18.3 Å². The third kappa shape index (κ3) is 2.61. The molecule has 0 amide bonds. The van der Waals surface area contributed by atoms with Crippen LogP contribution < -0.4 is 10.1 Å². The Bertz CT molecular complexity index is 310. The third-order valence-corrected chi connectivity index (χ3v) is 2.86. The quantitative estimate of drug-likeness (QED) is 0.804. The molecule has 1 aromatic rings. The normalized spacial score (nSPS) is 15.8. The van der Waals surface area contributed by atoms with E-state index in [1.807, 2.05) is 19.1 Å². The minimum atomic E-state index is 0.662. The van der Waals surface area contributed by atoms with Gasteiger partial charge in [-0.3, -0.25) is 0 Å². The lowest BCUT2D eigenvalue weighted by atomic mass is 9.85. The predicted octanol–water partition coefficient (Wildman–Crippen LogP) is 2.69. The van der Waals surface area contributed by atoms with Crippen molar-refractivity contribution in [3.8, 4) is 5.88 Å². The molecule has 82 valence electrons. The molecular formula is C12H18N2O. The first-order chi connectivity index (χ1) is 7.40. The number of pyridine rings is 1. The smallest absolute Gasteiger partial charge is 0.237 e. The van der Waals surface area contributed by atoms with Crippen molar-refractivity contribution in [3.63, 3.8) is 0 Å². The molecule has 15 heavy (non-hydrogen) atoms. The van der Waals surface area contributed by atoms with Crippen molar-refractivity contribution >= 4 is 5.69 Å². The van der Waals surface area contributed by atoms with Gasteiger partial charge in [-0.05, 0) is 37.8 Å². The lowest BCUT2D eigenvalue weighted by molar-refractivity contribution is 0.323. The Morgan fingerprint density at radius 3 is 3.07 bits per heavy atom. The van der Waals surface area contributed by atoms with Gasteiger partial charge in [0.15, 0.2) is 0 Å². The molecule has 0 radical (unpaired) electrons. The molecule has 1 heterocycles. The van der Waals surface area contributed by atoms with Gasteiger partial charge in [0, 0.05) is 12.7 Å². The summed E-state index contributed by atoms with van der Waals surface area (Å²) in [6.45, 7) is 3.69. The van der Waals surface area contributed by atoms with E-state index in [9.17, 15) is 0 Å². The predicted molar refractivity (Wildman–Crippen MR) is 61.2 cm³/mol. The molecule has 1 N–H and O–H groups in total. The minimum Gasteiger partial charge on any atom is -0.476 e. The third-order valence-electron chi connectivity index (χ3n) is 2.86. The van der Waals surface area contributed by atoms with E-state index >= 15 is 0 Å². The van der Waals surface area contributed by atoms with Crippen LogP contribution in [0.3, 0.4) is 0 Å². The average molecular weight is 206 g/mol. The van der Waals surface area contributed by atoms with Gasteiger partial charge >= 0.3 is 0 Å². The fraction of sp³-hybridized carbons (Fsp3) is 0.583. The standard InChI is InChI=1S/C12H18N2O/c1-2-15-12-11(7-4-8-13-12)14-9-10-5-3-6-10/h4,7-8,10,14H,2-3,5-6,9H2,1H3. The summed E-state index contributed by atoms with van der Waals surface area (Å²) in [6, 6.07) is 3.96. The molecule has 0 saturated heterocycles. The molecule has 0 bridgehead atoms.